The summed E-state index contributed by atoms with van der Waals surface area (Å²) in [5.41, 5.74) is 0.533. The van der Waals surface area contributed by atoms with Crippen molar-refractivity contribution >= 4 is 31.5 Å². The monoisotopic (exact) mass is 348 g/mol. The van der Waals surface area contributed by atoms with Crippen LogP contribution in [0.25, 0.3) is 0 Å². The predicted octanol–water partition coefficient (Wildman–Crippen LogP) is 0.00350. The molecule has 124 valence electrons. The molecule has 0 bridgehead atoms. The van der Waals surface area contributed by atoms with Gasteiger partial charge in [0.1, 0.15) is 9.84 Å². The van der Waals surface area contributed by atoms with Crippen LogP contribution in [0, 0.1) is 0 Å². The average Bonchev–Trinajstić information content (AvgIpc) is 2.44. The molecule has 0 radical (unpaired) electrons. The van der Waals surface area contributed by atoms with Crippen molar-refractivity contribution in [2.75, 3.05) is 35.7 Å². The van der Waals surface area contributed by atoms with Gasteiger partial charge in [0.25, 0.3) is 0 Å². The van der Waals surface area contributed by atoms with Crippen LogP contribution >= 0.6 is 0 Å². The highest BCUT2D eigenvalue weighted by Gasteiger charge is 2.18. The number of hydrogen-bond acceptors (Lipinski definition) is 5. The highest BCUT2D eigenvalue weighted by molar-refractivity contribution is 7.92. The van der Waals surface area contributed by atoms with Gasteiger partial charge in [-0.3, -0.25) is 9.10 Å². The summed E-state index contributed by atoms with van der Waals surface area (Å²) >= 11 is 0. The highest BCUT2D eigenvalue weighted by Crippen LogP contribution is 2.14. The summed E-state index contributed by atoms with van der Waals surface area (Å²) in [5.74, 6) is -0.999. The van der Waals surface area contributed by atoms with Crippen molar-refractivity contribution in [3.8, 4) is 0 Å². The molecule has 9 heteroatoms. The Morgan fingerprint density at radius 1 is 1.09 bits per heavy atom. The van der Waals surface area contributed by atoms with Gasteiger partial charge in [-0.1, -0.05) is 18.2 Å². The van der Waals surface area contributed by atoms with Gasteiger partial charge in [0.05, 0.1) is 17.2 Å². The van der Waals surface area contributed by atoms with E-state index >= 15 is 0 Å². The largest absolute Gasteiger partial charge is 0.355 e. The zero-order chi connectivity index (χ0) is 16.8. The predicted molar refractivity (Wildman–Crippen MR) is 86.0 cm³/mol. The number of para-hydroxylation sites is 1. The highest BCUT2D eigenvalue weighted by atomic mass is 32.2. The molecule has 0 atom stereocenters. The number of sulfone groups is 1. The van der Waals surface area contributed by atoms with Crippen LogP contribution in [0.4, 0.5) is 5.69 Å². The van der Waals surface area contributed by atoms with Gasteiger partial charge in [0, 0.05) is 26.3 Å². The first-order valence-corrected chi connectivity index (χ1v) is 10.2. The van der Waals surface area contributed by atoms with Gasteiger partial charge < -0.3 is 5.32 Å². The van der Waals surface area contributed by atoms with Gasteiger partial charge in [-0.25, -0.2) is 16.8 Å². The fraction of sp³-hybridized carbons (Fsp3) is 0.462. The molecule has 0 heterocycles. The van der Waals surface area contributed by atoms with E-state index in [0.717, 1.165) is 10.6 Å². The number of carbonyl (C=O) groups excluding carboxylic acids is 1. The molecule has 0 fully saturated rings. The van der Waals surface area contributed by atoms with E-state index in [4.69, 9.17) is 0 Å². The summed E-state index contributed by atoms with van der Waals surface area (Å²) in [6.07, 6.45) is 0.868. The Hall–Kier alpha value is -1.61. The van der Waals surface area contributed by atoms with Crippen LogP contribution in [0.5, 0.6) is 0 Å². The van der Waals surface area contributed by atoms with E-state index in [0.29, 0.717) is 5.69 Å². The molecule has 0 saturated carbocycles. The third kappa shape index (κ3) is 6.44. The van der Waals surface area contributed by atoms with Crippen LogP contribution in [0.1, 0.15) is 6.42 Å². The van der Waals surface area contributed by atoms with Crippen LogP contribution in [0.2, 0.25) is 0 Å². The SMILES string of the molecule is CN(c1ccccc1)S(=O)(=O)CCNC(=O)CCS(C)(=O)=O. The molecule has 1 aromatic carbocycles. The Bertz CT molecular complexity index is 699. The second-order valence-corrected chi connectivity index (χ2v) is 9.23. The normalized spacial score (nSPS) is 11.9. The molecular formula is C13H20N2O5S2. The number of nitrogens with zero attached hydrogens (tertiary/aromatic N) is 1. The lowest BCUT2D eigenvalue weighted by molar-refractivity contribution is -0.120. The molecule has 0 aliphatic carbocycles. The maximum atomic E-state index is 12.1. The van der Waals surface area contributed by atoms with Crippen LogP contribution in [0.3, 0.4) is 0 Å². The van der Waals surface area contributed by atoms with Crippen molar-refractivity contribution in [1.82, 2.24) is 5.32 Å². The fourth-order valence-corrected chi connectivity index (χ4v) is 3.25. The first kappa shape index (κ1) is 18.4. The Labute approximate surface area is 131 Å². The molecule has 0 aromatic heterocycles. The first-order valence-electron chi connectivity index (χ1n) is 6.58. The van der Waals surface area contributed by atoms with Crippen molar-refractivity contribution in [2.24, 2.45) is 0 Å². The van der Waals surface area contributed by atoms with E-state index in [-0.39, 0.29) is 24.5 Å². The average molecular weight is 348 g/mol. The summed E-state index contributed by atoms with van der Waals surface area (Å²) in [4.78, 5) is 11.4. The third-order valence-electron chi connectivity index (χ3n) is 2.92. The molecule has 1 amide bonds. The second-order valence-electron chi connectivity index (χ2n) is 4.85. The lowest BCUT2D eigenvalue weighted by Gasteiger charge is -2.19. The van der Waals surface area contributed by atoms with E-state index in [2.05, 4.69) is 5.32 Å². The zero-order valence-electron chi connectivity index (χ0n) is 12.5. The summed E-state index contributed by atoms with van der Waals surface area (Å²) in [6, 6.07) is 8.58. The van der Waals surface area contributed by atoms with E-state index in [1.165, 1.54) is 7.05 Å². The topological polar surface area (TPSA) is 101 Å². The van der Waals surface area contributed by atoms with Crippen molar-refractivity contribution in [1.29, 1.82) is 0 Å². The number of benzene rings is 1. The van der Waals surface area contributed by atoms with Crippen molar-refractivity contribution in [3.63, 3.8) is 0 Å². The number of carbonyl (C=O) groups is 1. The third-order valence-corrected chi connectivity index (χ3v) is 5.63. The van der Waals surface area contributed by atoms with Crippen LogP contribution in [-0.2, 0) is 24.7 Å². The molecule has 7 nitrogen and oxygen atoms in total. The number of sulfonamides is 1. The smallest absolute Gasteiger partial charge is 0.236 e. The van der Waals surface area contributed by atoms with Crippen molar-refractivity contribution in [2.45, 2.75) is 6.42 Å². The molecule has 0 unspecified atom stereocenters. The van der Waals surface area contributed by atoms with Gasteiger partial charge in [0.2, 0.25) is 15.9 Å². The molecule has 0 aliphatic rings. The Kier molecular flexibility index (Phi) is 6.36. The van der Waals surface area contributed by atoms with Crippen LogP contribution < -0.4 is 9.62 Å². The number of nitrogens with one attached hydrogen (secondary N) is 1. The van der Waals surface area contributed by atoms with Gasteiger partial charge in [-0.2, -0.15) is 0 Å². The Balaban J connectivity index is 2.48. The first-order chi connectivity index (χ1) is 10.1. The zero-order valence-corrected chi connectivity index (χ0v) is 14.2. The standard InChI is InChI=1S/C13H20N2O5S2/c1-15(12-6-4-3-5-7-12)22(19,20)11-9-14-13(16)8-10-21(2,17)18/h3-7H,8-11H2,1-2H3,(H,14,16). The molecular weight excluding hydrogens is 328 g/mol. The quantitative estimate of drug-likeness (QED) is 0.713. The Morgan fingerprint density at radius 3 is 2.23 bits per heavy atom. The van der Waals surface area contributed by atoms with Gasteiger partial charge in [-0.15, -0.1) is 0 Å². The Morgan fingerprint density at radius 2 is 1.68 bits per heavy atom. The molecule has 22 heavy (non-hydrogen) atoms. The number of anilines is 1. The van der Waals surface area contributed by atoms with E-state index < -0.39 is 25.8 Å². The van der Waals surface area contributed by atoms with E-state index in [9.17, 15) is 21.6 Å². The lowest BCUT2D eigenvalue weighted by Crippen LogP contribution is -2.36. The second kappa shape index (κ2) is 7.59. The minimum Gasteiger partial charge on any atom is -0.355 e. The van der Waals surface area contributed by atoms with Crippen molar-refractivity contribution in [3.05, 3.63) is 30.3 Å². The molecule has 0 aliphatic heterocycles. The number of hydrogen-bond donors (Lipinski definition) is 1. The molecule has 1 aromatic rings. The maximum Gasteiger partial charge on any atom is 0.236 e. The van der Waals surface area contributed by atoms with E-state index in [1.54, 1.807) is 30.3 Å². The molecule has 1 rings (SSSR count). The number of amides is 1. The van der Waals surface area contributed by atoms with Gasteiger partial charge >= 0.3 is 0 Å². The minimum atomic E-state index is -3.55. The van der Waals surface area contributed by atoms with Crippen molar-refractivity contribution < 1.29 is 21.6 Å². The summed E-state index contributed by atoms with van der Waals surface area (Å²) in [5, 5.41) is 2.41. The minimum absolute atomic E-state index is 0.0674. The molecule has 1 N–H and O–H groups in total. The van der Waals surface area contributed by atoms with E-state index in [1.807, 2.05) is 0 Å². The lowest BCUT2D eigenvalue weighted by atomic mass is 10.3. The summed E-state index contributed by atoms with van der Waals surface area (Å²) < 4.78 is 47.2. The molecule has 0 saturated heterocycles. The maximum absolute atomic E-state index is 12.1. The van der Waals surface area contributed by atoms with Gasteiger partial charge in [-0.05, 0) is 12.1 Å². The summed E-state index contributed by atoms with van der Waals surface area (Å²) in [7, 11) is -5.32. The number of rotatable bonds is 8. The summed E-state index contributed by atoms with van der Waals surface area (Å²) in [6.45, 7) is -0.0674. The van der Waals surface area contributed by atoms with Gasteiger partial charge in [0.15, 0.2) is 0 Å². The van der Waals surface area contributed by atoms with Crippen LogP contribution in [0.15, 0.2) is 30.3 Å². The van der Waals surface area contributed by atoms with Crippen LogP contribution in [-0.4, -0.2) is 54.1 Å². The fourth-order valence-electron chi connectivity index (χ4n) is 1.62. The molecule has 0 spiro atoms.